The van der Waals surface area contributed by atoms with Gasteiger partial charge in [0, 0.05) is 30.0 Å². The molecule has 0 atom stereocenters. The molecule has 3 aromatic rings. The molecule has 2 aromatic heterocycles. The Morgan fingerprint density at radius 2 is 2.00 bits per heavy atom. The molecule has 0 aliphatic heterocycles. The minimum Gasteiger partial charge on any atom is -0.337 e. The average molecular weight is 385 g/mol. The largest absolute Gasteiger partial charge is 0.337 e. The maximum absolute atomic E-state index is 12.3. The summed E-state index contributed by atoms with van der Waals surface area (Å²) in [4.78, 5) is 16.3. The Kier molecular flexibility index (Phi) is 5.68. The summed E-state index contributed by atoms with van der Waals surface area (Å²) >= 11 is 3.37. The van der Waals surface area contributed by atoms with Gasteiger partial charge in [-0.25, -0.2) is 9.67 Å². The van der Waals surface area contributed by atoms with Crippen molar-refractivity contribution < 1.29 is 0 Å². The lowest BCUT2D eigenvalue weighted by Gasteiger charge is -2.05. The van der Waals surface area contributed by atoms with Crippen molar-refractivity contribution in [2.75, 3.05) is 0 Å². The third-order valence-electron chi connectivity index (χ3n) is 3.28. The molecule has 116 valence electrons. The third kappa shape index (κ3) is 3.72. The molecule has 6 nitrogen and oxygen atoms in total. The Morgan fingerprint density at radius 3 is 2.77 bits per heavy atom. The van der Waals surface area contributed by atoms with Gasteiger partial charge in [-0.3, -0.25) is 4.79 Å². The van der Waals surface area contributed by atoms with Crippen LogP contribution in [0.1, 0.15) is 12.8 Å². The van der Waals surface area contributed by atoms with Crippen LogP contribution in [0.4, 0.5) is 0 Å². The first-order valence-corrected chi connectivity index (χ1v) is 7.52. The van der Waals surface area contributed by atoms with Gasteiger partial charge in [-0.15, -0.1) is 17.5 Å². The van der Waals surface area contributed by atoms with Crippen LogP contribution < -0.4 is 5.56 Å². The first kappa shape index (κ1) is 16.6. The summed E-state index contributed by atoms with van der Waals surface area (Å²) in [5.74, 6) is 0. The van der Waals surface area contributed by atoms with E-state index < -0.39 is 0 Å². The number of unbranched alkanes of at least 4 members (excludes halogenated alkanes) is 1. The smallest absolute Gasteiger partial charge is 0.277 e. The fourth-order valence-corrected chi connectivity index (χ4v) is 2.53. The van der Waals surface area contributed by atoms with Crippen LogP contribution in [0.15, 0.2) is 46.2 Å². The fourth-order valence-electron chi connectivity index (χ4n) is 2.17. The predicted molar refractivity (Wildman–Crippen MR) is 90.2 cm³/mol. The highest BCUT2D eigenvalue weighted by atomic mass is 79.9. The van der Waals surface area contributed by atoms with E-state index in [2.05, 4.69) is 31.2 Å². The maximum atomic E-state index is 12.3. The quantitative estimate of drug-likeness (QED) is 0.634. The number of rotatable bonds is 5. The van der Waals surface area contributed by atoms with Crippen LogP contribution in [0.5, 0.6) is 0 Å². The van der Waals surface area contributed by atoms with Crippen LogP contribution in [0, 0.1) is 0 Å². The van der Waals surface area contributed by atoms with Gasteiger partial charge < -0.3 is 4.57 Å². The molecule has 1 aromatic carbocycles. The molecule has 0 spiro atoms. The standard InChI is InChI=1S/C14H14BrN5O.ClH/c15-11-3-4-13-12(9-11)14(21)20(18-17-13)7-2-1-6-19-8-5-16-10-19;/h3-5,8-10H,1-2,6-7H2;1H. The van der Waals surface area contributed by atoms with E-state index in [-0.39, 0.29) is 18.0 Å². The van der Waals surface area contributed by atoms with Crippen molar-refractivity contribution in [3.63, 3.8) is 0 Å². The highest BCUT2D eigenvalue weighted by Crippen LogP contribution is 2.14. The minimum absolute atomic E-state index is 0. The summed E-state index contributed by atoms with van der Waals surface area (Å²) in [6.45, 7) is 1.46. The van der Waals surface area contributed by atoms with Crippen molar-refractivity contribution in [1.29, 1.82) is 0 Å². The van der Waals surface area contributed by atoms with E-state index in [0.29, 0.717) is 17.4 Å². The van der Waals surface area contributed by atoms with E-state index in [1.807, 2.05) is 16.8 Å². The lowest BCUT2D eigenvalue weighted by Crippen LogP contribution is -2.24. The van der Waals surface area contributed by atoms with E-state index in [1.54, 1.807) is 24.7 Å². The zero-order chi connectivity index (χ0) is 14.7. The molecular weight excluding hydrogens is 370 g/mol. The molecule has 3 rings (SSSR count). The van der Waals surface area contributed by atoms with Gasteiger partial charge >= 0.3 is 0 Å². The van der Waals surface area contributed by atoms with E-state index in [0.717, 1.165) is 23.9 Å². The Labute approximate surface area is 141 Å². The molecule has 0 unspecified atom stereocenters. The first-order valence-electron chi connectivity index (χ1n) is 6.73. The van der Waals surface area contributed by atoms with Gasteiger partial charge in [0.05, 0.1) is 11.7 Å². The topological polar surface area (TPSA) is 65.6 Å². The van der Waals surface area contributed by atoms with Crippen molar-refractivity contribution in [3.05, 3.63) is 51.7 Å². The molecule has 2 heterocycles. The number of benzene rings is 1. The monoisotopic (exact) mass is 383 g/mol. The number of aryl methyl sites for hydroxylation is 2. The third-order valence-corrected chi connectivity index (χ3v) is 3.77. The number of halogens is 2. The molecule has 0 aliphatic carbocycles. The van der Waals surface area contributed by atoms with Gasteiger partial charge in [0.2, 0.25) is 0 Å². The molecular formula is C14H15BrClN5O. The van der Waals surface area contributed by atoms with Crippen molar-refractivity contribution >= 4 is 39.2 Å². The van der Waals surface area contributed by atoms with E-state index in [9.17, 15) is 4.79 Å². The Balaban J connectivity index is 0.00000176. The van der Waals surface area contributed by atoms with Gasteiger partial charge in [-0.2, -0.15) is 0 Å². The first-order chi connectivity index (χ1) is 10.2. The van der Waals surface area contributed by atoms with Crippen LogP contribution in [0.25, 0.3) is 10.9 Å². The fraction of sp³-hybridized carbons (Fsp3) is 0.286. The zero-order valence-electron chi connectivity index (χ0n) is 11.7. The predicted octanol–water partition coefficient (Wildman–Crippen LogP) is 2.65. The van der Waals surface area contributed by atoms with Crippen LogP contribution in [0.3, 0.4) is 0 Å². The number of hydrogen-bond donors (Lipinski definition) is 0. The Hall–Kier alpha value is -1.73. The number of nitrogens with zero attached hydrogens (tertiary/aromatic N) is 5. The molecule has 0 fully saturated rings. The van der Waals surface area contributed by atoms with Gasteiger partial charge in [-0.1, -0.05) is 21.1 Å². The molecule has 8 heteroatoms. The molecule has 0 saturated carbocycles. The molecule has 0 N–H and O–H groups in total. The van der Waals surface area contributed by atoms with Gasteiger partial charge in [-0.05, 0) is 31.0 Å². The van der Waals surface area contributed by atoms with Crippen LogP contribution in [-0.4, -0.2) is 24.5 Å². The van der Waals surface area contributed by atoms with Crippen LogP contribution >= 0.6 is 28.3 Å². The molecule has 0 amide bonds. The molecule has 22 heavy (non-hydrogen) atoms. The summed E-state index contributed by atoms with van der Waals surface area (Å²) < 4.78 is 4.32. The van der Waals surface area contributed by atoms with Crippen LogP contribution in [-0.2, 0) is 13.1 Å². The summed E-state index contributed by atoms with van der Waals surface area (Å²) in [5.41, 5.74) is 0.529. The maximum Gasteiger partial charge on any atom is 0.277 e. The number of hydrogen-bond acceptors (Lipinski definition) is 4. The van der Waals surface area contributed by atoms with Crippen molar-refractivity contribution in [2.45, 2.75) is 25.9 Å². The van der Waals surface area contributed by atoms with Gasteiger partial charge in [0.1, 0.15) is 5.52 Å². The lowest BCUT2D eigenvalue weighted by molar-refractivity contribution is 0.490. The SMILES string of the molecule is Cl.O=c1c2cc(Br)ccc2nnn1CCCCn1ccnc1. The summed E-state index contributed by atoms with van der Waals surface area (Å²) in [6, 6.07) is 5.43. The summed E-state index contributed by atoms with van der Waals surface area (Å²) in [7, 11) is 0. The average Bonchev–Trinajstić information content (AvgIpc) is 2.99. The molecule has 0 aliphatic rings. The van der Waals surface area contributed by atoms with Crippen molar-refractivity contribution in [1.82, 2.24) is 24.5 Å². The second kappa shape index (κ2) is 7.51. The van der Waals surface area contributed by atoms with E-state index in [4.69, 9.17) is 0 Å². The minimum atomic E-state index is -0.0936. The van der Waals surface area contributed by atoms with Crippen molar-refractivity contribution in [2.24, 2.45) is 0 Å². The summed E-state index contributed by atoms with van der Waals surface area (Å²) in [5, 5.41) is 8.67. The van der Waals surface area contributed by atoms with Crippen LogP contribution in [0.2, 0.25) is 0 Å². The van der Waals surface area contributed by atoms with Gasteiger partial charge in [0.25, 0.3) is 5.56 Å². The number of imidazole rings is 1. The van der Waals surface area contributed by atoms with E-state index in [1.165, 1.54) is 4.68 Å². The second-order valence-electron chi connectivity index (χ2n) is 4.79. The number of aromatic nitrogens is 5. The van der Waals surface area contributed by atoms with Gasteiger partial charge in [0.15, 0.2) is 0 Å². The Morgan fingerprint density at radius 1 is 1.18 bits per heavy atom. The molecule has 0 bridgehead atoms. The second-order valence-corrected chi connectivity index (χ2v) is 5.70. The lowest BCUT2D eigenvalue weighted by atomic mass is 10.2. The molecule has 0 saturated heterocycles. The highest BCUT2D eigenvalue weighted by Gasteiger charge is 2.05. The number of fused-ring (bicyclic) bond motifs is 1. The van der Waals surface area contributed by atoms with E-state index >= 15 is 0 Å². The Bertz CT molecular complexity index is 803. The normalized spacial score (nSPS) is 10.6. The highest BCUT2D eigenvalue weighted by molar-refractivity contribution is 9.10. The van der Waals surface area contributed by atoms with Crippen molar-refractivity contribution in [3.8, 4) is 0 Å². The summed E-state index contributed by atoms with van der Waals surface area (Å²) in [6.07, 6.45) is 7.31. The molecule has 0 radical (unpaired) electrons. The zero-order valence-corrected chi connectivity index (χ0v) is 14.1.